The average molecular weight is 250 g/mol. The number of piperazine rings is 1. The van der Waals surface area contributed by atoms with Crippen molar-refractivity contribution >= 4 is 24.4 Å². The Bertz CT molecular complexity index is 422. The fraction of sp³-hybridized carbons (Fsp3) is 0.333. The summed E-state index contributed by atoms with van der Waals surface area (Å²) in [7, 11) is 0. The van der Waals surface area contributed by atoms with E-state index in [1.54, 1.807) is 0 Å². The largest absolute Gasteiger partial charge is 0.342 e. The molecular weight excluding hydrogens is 236 g/mol. The van der Waals surface area contributed by atoms with E-state index in [4.69, 9.17) is 0 Å². The second-order valence-electron chi connectivity index (χ2n) is 3.99. The third-order valence-electron chi connectivity index (χ3n) is 2.73. The molecule has 0 unspecified atom stereocenters. The van der Waals surface area contributed by atoms with Gasteiger partial charge in [0, 0.05) is 12.2 Å². The minimum atomic E-state index is -0.516. The van der Waals surface area contributed by atoms with Crippen molar-refractivity contribution in [2.45, 2.75) is 18.5 Å². The monoisotopic (exact) mass is 250 g/mol. The number of hydrogen-bond acceptors (Lipinski definition) is 3. The predicted octanol–water partition coefficient (Wildman–Crippen LogP) is 0.142. The molecule has 5 heteroatoms. The average Bonchev–Trinajstić information content (AvgIpc) is 2.34. The summed E-state index contributed by atoms with van der Waals surface area (Å²) >= 11 is 4.02. The number of rotatable bonds is 3. The molecule has 0 spiro atoms. The Morgan fingerprint density at radius 3 is 2.24 bits per heavy atom. The number of hydrogen-bond donors (Lipinski definition) is 3. The molecule has 17 heavy (non-hydrogen) atoms. The Morgan fingerprint density at radius 2 is 1.59 bits per heavy atom. The van der Waals surface area contributed by atoms with Crippen LogP contribution in [0.4, 0.5) is 0 Å². The molecule has 1 heterocycles. The van der Waals surface area contributed by atoms with Gasteiger partial charge in [0.25, 0.3) is 0 Å². The highest BCUT2D eigenvalue weighted by atomic mass is 32.1. The van der Waals surface area contributed by atoms with Gasteiger partial charge in [-0.05, 0) is 5.56 Å². The van der Waals surface area contributed by atoms with Crippen LogP contribution < -0.4 is 10.6 Å². The maximum absolute atomic E-state index is 11.8. The lowest BCUT2D eigenvalue weighted by Crippen LogP contribution is -2.62. The Balaban J connectivity index is 2.03. The first-order valence-corrected chi connectivity index (χ1v) is 6.09. The Labute approximate surface area is 105 Å². The van der Waals surface area contributed by atoms with Gasteiger partial charge in [0.15, 0.2) is 0 Å². The molecule has 0 aliphatic carbocycles. The van der Waals surface area contributed by atoms with E-state index in [1.807, 2.05) is 30.3 Å². The summed E-state index contributed by atoms with van der Waals surface area (Å²) in [6.07, 6.45) is 0.512. The van der Waals surface area contributed by atoms with Gasteiger partial charge in [0.05, 0.1) is 0 Å². The molecule has 2 N–H and O–H groups in total. The van der Waals surface area contributed by atoms with Gasteiger partial charge in [0.2, 0.25) is 11.8 Å². The van der Waals surface area contributed by atoms with E-state index < -0.39 is 12.1 Å². The van der Waals surface area contributed by atoms with Crippen molar-refractivity contribution in [3.8, 4) is 0 Å². The van der Waals surface area contributed by atoms with E-state index in [1.165, 1.54) is 0 Å². The molecule has 1 saturated heterocycles. The van der Waals surface area contributed by atoms with E-state index in [-0.39, 0.29) is 11.8 Å². The van der Waals surface area contributed by atoms with Crippen LogP contribution in [0.2, 0.25) is 0 Å². The van der Waals surface area contributed by atoms with Crippen molar-refractivity contribution in [2.75, 3.05) is 5.75 Å². The summed E-state index contributed by atoms with van der Waals surface area (Å²) < 4.78 is 0. The zero-order valence-electron chi connectivity index (χ0n) is 9.22. The number of thiol groups is 1. The molecule has 2 rings (SSSR count). The lowest BCUT2D eigenvalue weighted by atomic mass is 10.0. The van der Waals surface area contributed by atoms with Gasteiger partial charge >= 0.3 is 0 Å². The number of amides is 2. The van der Waals surface area contributed by atoms with Crippen LogP contribution >= 0.6 is 12.6 Å². The topological polar surface area (TPSA) is 58.2 Å². The van der Waals surface area contributed by atoms with Crippen LogP contribution in [-0.4, -0.2) is 29.7 Å². The van der Waals surface area contributed by atoms with Crippen molar-refractivity contribution in [3.05, 3.63) is 35.9 Å². The summed E-state index contributed by atoms with van der Waals surface area (Å²) in [5.41, 5.74) is 1.03. The lowest BCUT2D eigenvalue weighted by molar-refractivity contribution is -0.136. The molecule has 0 saturated carbocycles. The van der Waals surface area contributed by atoms with E-state index in [0.29, 0.717) is 12.2 Å². The van der Waals surface area contributed by atoms with Crippen molar-refractivity contribution in [1.29, 1.82) is 0 Å². The molecule has 1 aromatic rings. The van der Waals surface area contributed by atoms with Crippen molar-refractivity contribution in [2.24, 2.45) is 0 Å². The molecule has 0 bridgehead atoms. The molecule has 4 nitrogen and oxygen atoms in total. The lowest BCUT2D eigenvalue weighted by Gasteiger charge is -2.28. The van der Waals surface area contributed by atoms with Gasteiger partial charge in [-0.2, -0.15) is 12.6 Å². The van der Waals surface area contributed by atoms with E-state index in [9.17, 15) is 9.59 Å². The second kappa shape index (κ2) is 5.23. The molecule has 1 aromatic carbocycles. The Kier molecular flexibility index (Phi) is 3.68. The fourth-order valence-electron chi connectivity index (χ4n) is 1.80. The molecule has 0 aromatic heterocycles. The summed E-state index contributed by atoms with van der Waals surface area (Å²) in [6, 6.07) is 8.61. The number of benzene rings is 1. The first kappa shape index (κ1) is 12.0. The van der Waals surface area contributed by atoms with Gasteiger partial charge in [0.1, 0.15) is 12.1 Å². The molecule has 1 aliphatic heterocycles. The zero-order valence-corrected chi connectivity index (χ0v) is 10.1. The fourth-order valence-corrected chi connectivity index (χ4v) is 2.05. The van der Waals surface area contributed by atoms with Crippen LogP contribution in [0.25, 0.3) is 0 Å². The SMILES string of the molecule is O=C1N[C@H](Cc2ccccc2)C(=O)N[C@H]1CS. The quantitative estimate of drug-likeness (QED) is 0.668. The van der Waals surface area contributed by atoms with Crippen LogP contribution in [0, 0.1) is 0 Å². The third-order valence-corrected chi connectivity index (χ3v) is 3.10. The molecule has 1 aliphatic rings. The highest BCUT2D eigenvalue weighted by Crippen LogP contribution is 2.07. The van der Waals surface area contributed by atoms with Gasteiger partial charge < -0.3 is 10.6 Å². The summed E-state index contributed by atoms with van der Waals surface area (Å²) in [6.45, 7) is 0. The first-order chi connectivity index (χ1) is 8.20. The van der Waals surface area contributed by atoms with E-state index in [0.717, 1.165) is 5.56 Å². The van der Waals surface area contributed by atoms with E-state index >= 15 is 0 Å². The molecule has 2 amide bonds. The van der Waals surface area contributed by atoms with Crippen LogP contribution in [-0.2, 0) is 16.0 Å². The minimum Gasteiger partial charge on any atom is -0.342 e. The van der Waals surface area contributed by atoms with Crippen molar-refractivity contribution < 1.29 is 9.59 Å². The molecular formula is C12H14N2O2S. The Hall–Kier alpha value is -1.49. The van der Waals surface area contributed by atoms with Gasteiger partial charge in [-0.3, -0.25) is 9.59 Å². The Morgan fingerprint density at radius 1 is 1.00 bits per heavy atom. The smallest absolute Gasteiger partial charge is 0.244 e. The predicted molar refractivity (Wildman–Crippen MR) is 67.9 cm³/mol. The maximum Gasteiger partial charge on any atom is 0.244 e. The van der Waals surface area contributed by atoms with Crippen molar-refractivity contribution in [3.63, 3.8) is 0 Å². The summed E-state index contributed by atoms with van der Waals surface area (Å²) in [5, 5.41) is 5.37. The minimum absolute atomic E-state index is 0.146. The molecule has 90 valence electrons. The molecule has 2 atom stereocenters. The zero-order chi connectivity index (χ0) is 12.3. The van der Waals surface area contributed by atoms with Crippen LogP contribution in [0.15, 0.2) is 30.3 Å². The standard InChI is InChI=1S/C12H14N2O2S/c15-11-9(6-8-4-2-1-3-5-8)13-12(16)10(7-17)14-11/h1-5,9-10,17H,6-7H2,(H,13,16)(H,14,15)/t9-,10+/m1/s1. The summed E-state index contributed by atoms with van der Waals surface area (Å²) in [5.74, 6) is 0.00310. The second-order valence-corrected chi connectivity index (χ2v) is 4.36. The normalized spacial score (nSPS) is 24.1. The van der Waals surface area contributed by atoms with Crippen LogP contribution in [0.1, 0.15) is 5.56 Å². The number of carbonyl (C=O) groups is 2. The van der Waals surface area contributed by atoms with Crippen LogP contribution in [0.3, 0.4) is 0 Å². The highest BCUT2D eigenvalue weighted by Gasteiger charge is 2.32. The third kappa shape index (κ3) is 2.79. The van der Waals surface area contributed by atoms with Crippen molar-refractivity contribution in [1.82, 2.24) is 10.6 Å². The van der Waals surface area contributed by atoms with E-state index in [2.05, 4.69) is 23.3 Å². The number of carbonyl (C=O) groups excluding carboxylic acids is 2. The molecule has 1 fully saturated rings. The number of nitrogens with one attached hydrogen (secondary N) is 2. The van der Waals surface area contributed by atoms with Gasteiger partial charge in [-0.15, -0.1) is 0 Å². The van der Waals surface area contributed by atoms with Crippen LogP contribution in [0.5, 0.6) is 0 Å². The maximum atomic E-state index is 11.8. The van der Waals surface area contributed by atoms with Gasteiger partial charge in [-0.1, -0.05) is 30.3 Å². The van der Waals surface area contributed by atoms with Gasteiger partial charge in [-0.25, -0.2) is 0 Å². The highest BCUT2D eigenvalue weighted by molar-refractivity contribution is 7.80. The summed E-state index contributed by atoms with van der Waals surface area (Å²) in [4.78, 5) is 23.4. The first-order valence-electron chi connectivity index (χ1n) is 5.46. The molecule has 0 radical (unpaired) electrons.